The fourth-order valence-electron chi connectivity index (χ4n) is 4.92. The predicted octanol–water partition coefficient (Wildman–Crippen LogP) is 4.00. The Morgan fingerprint density at radius 3 is 2.43 bits per heavy atom. The summed E-state index contributed by atoms with van der Waals surface area (Å²) >= 11 is 0. The third-order valence-electron chi connectivity index (χ3n) is 6.46. The molecule has 4 atom stereocenters. The van der Waals surface area contributed by atoms with Crippen LogP contribution < -0.4 is 4.90 Å². The number of nitrogens with zero attached hydrogens (tertiary/aromatic N) is 2. The summed E-state index contributed by atoms with van der Waals surface area (Å²) in [5.74, 6) is 0.526. The highest BCUT2D eigenvalue weighted by atomic mass is 16.3. The second kappa shape index (κ2) is 9.23. The Bertz CT molecular complexity index is 693. The lowest BCUT2D eigenvalue weighted by Crippen LogP contribution is -2.28. The molecule has 0 aliphatic heterocycles. The van der Waals surface area contributed by atoms with Gasteiger partial charge in [0, 0.05) is 25.3 Å². The zero-order valence-corrected chi connectivity index (χ0v) is 17.9. The molecule has 154 valence electrons. The van der Waals surface area contributed by atoms with Crippen molar-refractivity contribution in [2.24, 2.45) is 17.8 Å². The third-order valence-corrected chi connectivity index (χ3v) is 6.46. The molecule has 28 heavy (non-hydrogen) atoms. The molecule has 0 unspecified atom stereocenters. The fraction of sp³-hybridized carbons (Fsp3) is 0.625. The van der Waals surface area contributed by atoms with Crippen molar-refractivity contribution < 1.29 is 9.90 Å². The van der Waals surface area contributed by atoms with E-state index in [1.54, 1.807) is 0 Å². The van der Waals surface area contributed by atoms with Crippen LogP contribution in [0.3, 0.4) is 0 Å². The Hall–Kier alpha value is -1.65. The van der Waals surface area contributed by atoms with Gasteiger partial charge in [-0.15, -0.1) is 0 Å². The van der Waals surface area contributed by atoms with Crippen molar-refractivity contribution in [3.05, 3.63) is 41.5 Å². The Morgan fingerprint density at radius 2 is 1.79 bits per heavy atom. The summed E-state index contributed by atoms with van der Waals surface area (Å²) in [6.07, 6.45) is 8.48. The quantitative estimate of drug-likeness (QED) is 0.397. The third kappa shape index (κ3) is 4.84. The molecule has 0 spiro atoms. The molecule has 2 aliphatic carbocycles. The minimum absolute atomic E-state index is 0.117. The first-order valence-electron chi connectivity index (χ1n) is 10.7. The SMILES string of the molecule is CN(C)CCCCCC1=C[C@H]2C[C@@H](O)[C@H](C(=O)c3ccc(N(C)C)cc3)[C@H]2C1. The van der Waals surface area contributed by atoms with Gasteiger partial charge in [0.25, 0.3) is 0 Å². The van der Waals surface area contributed by atoms with Crippen LogP contribution in [0.1, 0.15) is 48.9 Å². The van der Waals surface area contributed by atoms with Crippen LogP contribution in [-0.2, 0) is 0 Å². The Kier molecular flexibility index (Phi) is 6.95. The van der Waals surface area contributed by atoms with Crippen molar-refractivity contribution in [3.63, 3.8) is 0 Å². The lowest BCUT2D eigenvalue weighted by Gasteiger charge is -2.21. The van der Waals surface area contributed by atoms with E-state index in [0.29, 0.717) is 5.92 Å². The smallest absolute Gasteiger partial charge is 0.168 e. The number of benzene rings is 1. The van der Waals surface area contributed by atoms with E-state index in [1.807, 2.05) is 43.3 Å². The molecule has 0 bridgehead atoms. The number of carbonyl (C=O) groups excluding carboxylic acids is 1. The first kappa shape index (κ1) is 21.1. The zero-order chi connectivity index (χ0) is 20.3. The van der Waals surface area contributed by atoms with E-state index in [0.717, 1.165) is 37.1 Å². The average Bonchev–Trinajstić information content (AvgIpc) is 3.16. The number of rotatable bonds is 9. The van der Waals surface area contributed by atoms with Crippen LogP contribution in [-0.4, -0.2) is 56.6 Å². The standard InChI is InChI=1S/C24H36N2O2/c1-25(2)13-7-5-6-8-17-14-19-16-22(27)23(21(19)15-17)24(28)18-9-11-20(12-10-18)26(3)4/h9-12,14,19,21-23,27H,5-8,13,15-16H2,1-4H3/t19-,21-,22+,23+/m0/s1. The maximum Gasteiger partial charge on any atom is 0.168 e. The van der Waals surface area contributed by atoms with E-state index >= 15 is 0 Å². The molecule has 1 fully saturated rings. The van der Waals surface area contributed by atoms with Gasteiger partial charge in [0.1, 0.15) is 0 Å². The normalized spacial score (nSPS) is 26.4. The molecule has 1 N–H and O–H groups in total. The molecule has 4 nitrogen and oxygen atoms in total. The molecular formula is C24H36N2O2. The van der Waals surface area contributed by atoms with E-state index in [2.05, 4.69) is 25.1 Å². The van der Waals surface area contributed by atoms with Crippen molar-refractivity contribution in [2.75, 3.05) is 39.6 Å². The minimum Gasteiger partial charge on any atom is -0.392 e. The molecule has 0 saturated heterocycles. The van der Waals surface area contributed by atoms with Gasteiger partial charge in [-0.2, -0.15) is 0 Å². The number of hydrogen-bond donors (Lipinski definition) is 1. The maximum atomic E-state index is 13.1. The summed E-state index contributed by atoms with van der Waals surface area (Å²) in [6, 6.07) is 7.79. The molecule has 0 heterocycles. The molecule has 3 rings (SSSR count). The lowest BCUT2D eigenvalue weighted by molar-refractivity contribution is 0.0696. The summed E-state index contributed by atoms with van der Waals surface area (Å²) < 4.78 is 0. The van der Waals surface area contributed by atoms with E-state index in [1.165, 1.54) is 24.8 Å². The van der Waals surface area contributed by atoms with Gasteiger partial charge < -0.3 is 14.9 Å². The summed E-state index contributed by atoms with van der Waals surface area (Å²) in [4.78, 5) is 17.4. The van der Waals surface area contributed by atoms with Crippen molar-refractivity contribution in [2.45, 2.75) is 44.6 Å². The number of aliphatic hydroxyl groups excluding tert-OH is 1. The number of unbranched alkanes of at least 4 members (excludes halogenated alkanes) is 2. The van der Waals surface area contributed by atoms with Gasteiger partial charge in [0.05, 0.1) is 12.0 Å². The minimum atomic E-state index is -0.506. The van der Waals surface area contributed by atoms with Gasteiger partial charge >= 0.3 is 0 Å². The van der Waals surface area contributed by atoms with Gasteiger partial charge in [-0.3, -0.25) is 4.79 Å². The van der Waals surface area contributed by atoms with E-state index in [-0.39, 0.29) is 17.6 Å². The first-order chi connectivity index (χ1) is 13.4. The summed E-state index contributed by atoms with van der Waals surface area (Å²) in [7, 11) is 8.23. The van der Waals surface area contributed by atoms with E-state index in [9.17, 15) is 9.90 Å². The Labute approximate surface area is 170 Å². The first-order valence-corrected chi connectivity index (χ1v) is 10.7. The number of carbonyl (C=O) groups is 1. The van der Waals surface area contributed by atoms with Crippen molar-refractivity contribution in [1.82, 2.24) is 4.90 Å². The van der Waals surface area contributed by atoms with Crippen LogP contribution in [0, 0.1) is 17.8 Å². The molecule has 0 aromatic heterocycles. The van der Waals surface area contributed by atoms with Crippen LogP contribution in [0.25, 0.3) is 0 Å². The van der Waals surface area contributed by atoms with E-state index in [4.69, 9.17) is 0 Å². The lowest BCUT2D eigenvalue weighted by atomic mass is 9.83. The Balaban J connectivity index is 1.57. The second-order valence-corrected chi connectivity index (χ2v) is 9.11. The van der Waals surface area contributed by atoms with Crippen molar-refractivity contribution in [1.29, 1.82) is 0 Å². The number of ketones is 1. The molecule has 1 saturated carbocycles. The number of hydrogen-bond acceptors (Lipinski definition) is 4. The van der Waals surface area contributed by atoms with Crippen molar-refractivity contribution >= 4 is 11.5 Å². The molecular weight excluding hydrogens is 348 g/mol. The molecule has 1 aromatic rings. The fourth-order valence-corrected chi connectivity index (χ4v) is 4.92. The molecule has 0 radical (unpaired) electrons. The largest absolute Gasteiger partial charge is 0.392 e. The average molecular weight is 385 g/mol. The second-order valence-electron chi connectivity index (χ2n) is 9.11. The highest BCUT2D eigenvalue weighted by Crippen LogP contribution is 2.48. The van der Waals surface area contributed by atoms with Crippen LogP contribution in [0.4, 0.5) is 5.69 Å². The van der Waals surface area contributed by atoms with E-state index < -0.39 is 6.10 Å². The summed E-state index contributed by atoms with van der Waals surface area (Å²) in [6.45, 7) is 1.15. The monoisotopic (exact) mass is 384 g/mol. The predicted molar refractivity (Wildman–Crippen MR) is 116 cm³/mol. The molecule has 4 heteroatoms. The van der Waals surface area contributed by atoms with Gasteiger partial charge in [0.15, 0.2) is 5.78 Å². The maximum absolute atomic E-state index is 13.1. The Morgan fingerprint density at radius 1 is 1.07 bits per heavy atom. The number of aliphatic hydroxyl groups is 1. The number of allylic oxidation sites excluding steroid dienone is 2. The number of Topliss-reactive ketones (excluding diaryl/α,β-unsaturated/α-hetero) is 1. The van der Waals surface area contributed by atoms with Crippen molar-refractivity contribution in [3.8, 4) is 0 Å². The van der Waals surface area contributed by atoms with Gasteiger partial charge in [0.2, 0.25) is 0 Å². The van der Waals surface area contributed by atoms with Gasteiger partial charge in [-0.05, 0) is 88.8 Å². The zero-order valence-electron chi connectivity index (χ0n) is 17.9. The number of fused-ring (bicyclic) bond motifs is 1. The highest BCUT2D eigenvalue weighted by Gasteiger charge is 2.47. The molecule has 2 aliphatic rings. The van der Waals surface area contributed by atoms with Gasteiger partial charge in [-0.1, -0.05) is 18.1 Å². The molecule has 0 amide bonds. The van der Waals surface area contributed by atoms with Crippen LogP contribution in [0.2, 0.25) is 0 Å². The number of anilines is 1. The topological polar surface area (TPSA) is 43.8 Å². The highest BCUT2D eigenvalue weighted by molar-refractivity contribution is 5.99. The van der Waals surface area contributed by atoms with Crippen LogP contribution in [0.15, 0.2) is 35.9 Å². The summed E-state index contributed by atoms with van der Waals surface area (Å²) in [5, 5.41) is 10.6. The molecule has 1 aromatic carbocycles. The van der Waals surface area contributed by atoms with Crippen LogP contribution >= 0.6 is 0 Å². The summed E-state index contributed by atoms with van der Waals surface area (Å²) in [5.41, 5.74) is 3.32. The van der Waals surface area contributed by atoms with Gasteiger partial charge in [-0.25, -0.2) is 0 Å². The van der Waals surface area contributed by atoms with Crippen LogP contribution in [0.5, 0.6) is 0 Å².